The summed E-state index contributed by atoms with van der Waals surface area (Å²) >= 11 is 0. The molecule has 10 fully saturated rings. The molecule has 10 aliphatic rings. The number of allylic oxidation sites excluding steroid dienone is 2. The van der Waals surface area contributed by atoms with Gasteiger partial charge in [0, 0.05) is 24.7 Å². The number of hydrogen-bond acceptors (Lipinski definition) is 8. The lowest BCUT2D eigenvalue weighted by Crippen LogP contribution is -2.70. The van der Waals surface area contributed by atoms with Crippen LogP contribution < -0.4 is 0 Å². The van der Waals surface area contributed by atoms with Gasteiger partial charge in [0.1, 0.15) is 0 Å². The van der Waals surface area contributed by atoms with Crippen LogP contribution in [-0.4, -0.2) is 47.6 Å². The Morgan fingerprint density at radius 3 is 1.39 bits per heavy atom. The van der Waals surface area contributed by atoms with Crippen molar-refractivity contribution in [2.75, 3.05) is 0 Å². The molecule has 0 N–H and O–H groups in total. The van der Waals surface area contributed by atoms with Crippen LogP contribution in [0.15, 0.2) is 24.3 Å². The Morgan fingerprint density at radius 1 is 0.565 bits per heavy atom. The molecule has 0 aromatic heterocycles. The van der Waals surface area contributed by atoms with E-state index in [0.717, 1.165) is 75.4 Å². The molecule has 46 heavy (non-hydrogen) atoms. The molecule has 8 heterocycles. The fourth-order valence-electron chi connectivity index (χ4n) is 11.6. The van der Waals surface area contributed by atoms with Gasteiger partial charge in [0.15, 0.2) is 23.8 Å². The first-order valence-corrected chi connectivity index (χ1v) is 18.7. The Kier molecular flexibility index (Phi) is 7.98. The van der Waals surface area contributed by atoms with E-state index in [9.17, 15) is 0 Å². The van der Waals surface area contributed by atoms with Crippen LogP contribution in [0.1, 0.15) is 119 Å². The highest BCUT2D eigenvalue weighted by Gasteiger charge is 2.70. The number of rotatable bonds is 7. The van der Waals surface area contributed by atoms with Crippen LogP contribution in [0.5, 0.6) is 0 Å². The third kappa shape index (κ3) is 4.74. The zero-order chi connectivity index (χ0) is 32.2. The Morgan fingerprint density at radius 2 is 0.978 bits per heavy atom. The third-order valence-electron chi connectivity index (χ3n) is 14.6. The minimum atomic E-state index is -0.743. The molecule has 0 unspecified atom stereocenters. The highest BCUT2D eigenvalue weighted by Crippen LogP contribution is 2.62. The van der Waals surface area contributed by atoms with E-state index in [0.29, 0.717) is 47.3 Å². The summed E-state index contributed by atoms with van der Waals surface area (Å²) in [4.78, 5) is 24.7. The highest BCUT2D eigenvalue weighted by atomic mass is 17.3. The molecule has 258 valence electrons. The van der Waals surface area contributed by atoms with Crippen molar-refractivity contribution in [3.8, 4) is 0 Å². The van der Waals surface area contributed by atoms with Gasteiger partial charge in [-0.05, 0) is 114 Å². The van der Waals surface area contributed by atoms with Crippen LogP contribution in [0.4, 0.5) is 0 Å². The van der Waals surface area contributed by atoms with Gasteiger partial charge in [-0.1, -0.05) is 52.0 Å². The molecule has 4 bridgehead atoms. The van der Waals surface area contributed by atoms with Crippen LogP contribution in [0.3, 0.4) is 0 Å². The van der Waals surface area contributed by atoms with Gasteiger partial charge >= 0.3 is 0 Å². The van der Waals surface area contributed by atoms with Gasteiger partial charge in [0.2, 0.25) is 11.6 Å². The van der Waals surface area contributed by atoms with E-state index < -0.39 is 35.4 Å². The molecule has 0 aromatic carbocycles. The minimum absolute atomic E-state index is 0.0803. The second kappa shape index (κ2) is 11.3. The van der Waals surface area contributed by atoms with Crippen molar-refractivity contribution in [1.82, 2.24) is 0 Å². The van der Waals surface area contributed by atoms with Gasteiger partial charge < -0.3 is 18.9 Å². The average Bonchev–Trinajstić information content (AvgIpc) is 3.40. The first-order valence-electron chi connectivity index (χ1n) is 18.7. The van der Waals surface area contributed by atoms with Crippen LogP contribution in [0, 0.1) is 47.3 Å². The molecule has 2 aliphatic carbocycles. The number of fused-ring (bicyclic) bond motifs is 4. The molecule has 8 nitrogen and oxygen atoms in total. The molecule has 0 aromatic rings. The Bertz CT molecular complexity index is 1130. The summed E-state index contributed by atoms with van der Waals surface area (Å²) in [5.41, 5.74) is 1.21. The summed E-state index contributed by atoms with van der Waals surface area (Å²) in [7, 11) is 0. The molecule has 8 aliphatic heterocycles. The summed E-state index contributed by atoms with van der Waals surface area (Å²) in [6.45, 7) is 22.4. The van der Waals surface area contributed by atoms with Gasteiger partial charge in [-0.25, -0.2) is 19.6 Å². The van der Waals surface area contributed by atoms with E-state index in [-0.39, 0.29) is 12.2 Å². The third-order valence-corrected chi connectivity index (χ3v) is 14.6. The quantitative estimate of drug-likeness (QED) is 0.204. The van der Waals surface area contributed by atoms with Gasteiger partial charge in [-0.15, -0.1) is 0 Å². The fraction of sp³-hybridized carbons (Fsp3) is 0.895. The van der Waals surface area contributed by atoms with Gasteiger partial charge in [-0.3, -0.25) is 0 Å². The van der Waals surface area contributed by atoms with E-state index in [1.165, 1.54) is 12.8 Å². The topological polar surface area (TPSA) is 73.8 Å². The van der Waals surface area contributed by atoms with Crippen molar-refractivity contribution in [3.05, 3.63) is 24.3 Å². The molecule has 8 heteroatoms. The molecule has 10 rings (SSSR count). The summed E-state index contributed by atoms with van der Waals surface area (Å²) in [5.74, 6) is 1.82. The lowest BCUT2D eigenvalue weighted by molar-refractivity contribution is -0.571. The summed E-state index contributed by atoms with van der Waals surface area (Å²) in [6, 6.07) is 0. The minimum Gasteiger partial charge on any atom is -0.346 e. The monoisotopic (exact) mass is 642 g/mol. The Labute approximate surface area is 276 Å². The molecular weight excluding hydrogens is 584 g/mol. The number of ether oxygens (including phenoxy) is 4. The average molecular weight is 643 g/mol. The van der Waals surface area contributed by atoms with Crippen molar-refractivity contribution in [2.45, 2.75) is 166 Å². The largest absolute Gasteiger partial charge is 0.346 e. The van der Waals surface area contributed by atoms with Crippen molar-refractivity contribution in [2.24, 2.45) is 47.3 Å². The molecule has 16 atom stereocenters. The van der Waals surface area contributed by atoms with Gasteiger partial charge in [0.05, 0.1) is 12.2 Å². The van der Waals surface area contributed by atoms with Crippen molar-refractivity contribution < 1.29 is 38.5 Å². The predicted molar refractivity (Wildman–Crippen MR) is 170 cm³/mol. The van der Waals surface area contributed by atoms with Crippen molar-refractivity contribution in [3.63, 3.8) is 0 Å². The maximum Gasteiger partial charge on any atom is 0.201 e. The SMILES string of the molecule is C=C(CC[C@H]1O[C@@H]2O[C@@]3(C)CC[C@H]4[C@H](C)CC[C@@H]([C@H]1C)[C@@]24OO3)C(=C)CC[C@H]1O[C@@H]2O[C@@]3(C)CC[C@H]4[C@H](C)CC[C@@H]([C@H]1C)[C@@]24OO3. The first-order chi connectivity index (χ1) is 21.9. The van der Waals surface area contributed by atoms with E-state index in [1.807, 2.05) is 13.8 Å². The normalized spacial score (nSPS) is 55.5. The summed E-state index contributed by atoms with van der Waals surface area (Å²) in [6.07, 6.45) is 11.4. The molecule has 0 amide bonds. The standard InChI is InChI=1S/C38H58O8/c1-21(11-15-31-25(5)29-13-9-23(3)27-17-19-35(7)41-33(39-31)37(27,29)45-43-35)22(2)12-16-32-26(6)30-14-10-24(4)28-18-20-36(8)42-34(40-32)38(28,30)46-44-36/h23-34H,1-2,9-20H2,3-8H3/t23-,24-,25-,26-,27+,28+,29+,30+,31-,32-,33-,34-,35-,36-,37-,38-/m1/s1. The van der Waals surface area contributed by atoms with Crippen LogP contribution in [0.25, 0.3) is 0 Å². The van der Waals surface area contributed by atoms with E-state index >= 15 is 0 Å². The predicted octanol–water partition coefficient (Wildman–Crippen LogP) is 8.16. The molecular formula is C38H58O8. The van der Waals surface area contributed by atoms with Crippen LogP contribution in [0.2, 0.25) is 0 Å². The highest BCUT2D eigenvalue weighted by molar-refractivity contribution is 5.25. The molecule has 2 saturated carbocycles. The lowest BCUT2D eigenvalue weighted by Gasteiger charge is -2.60. The fourth-order valence-corrected chi connectivity index (χ4v) is 11.6. The van der Waals surface area contributed by atoms with Crippen molar-refractivity contribution >= 4 is 0 Å². The maximum atomic E-state index is 6.84. The Balaban J connectivity index is 0.902. The lowest BCUT2D eigenvalue weighted by atomic mass is 9.57. The Hall–Kier alpha value is -0.840. The molecule has 2 spiro atoms. The van der Waals surface area contributed by atoms with E-state index in [2.05, 4.69) is 40.9 Å². The summed E-state index contributed by atoms with van der Waals surface area (Å²) < 4.78 is 26.8. The van der Waals surface area contributed by atoms with Crippen molar-refractivity contribution in [1.29, 1.82) is 0 Å². The first kappa shape index (κ1) is 32.4. The van der Waals surface area contributed by atoms with Gasteiger partial charge in [-0.2, -0.15) is 0 Å². The van der Waals surface area contributed by atoms with Gasteiger partial charge in [0.25, 0.3) is 0 Å². The second-order valence-electron chi connectivity index (χ2n) is 17.2. The van der Waals surface area contributed by atoms with E-state index in [1.54, 1.807) is 0 Å². The zero-order valence-electron chi connectivity index (χ0n) is 29.1. The second-order valence-corrected chi connectivity index (χ2v) is 17.2. The van der Waals surface area contributed by atoms with Crippen LogP contribution >= 0.6 is 0 Å². The molecule has 0 radical (unpaired) electrons. The van der Waals surface area contributed by atoms with E-state index in [4.69, 9.17) is 38.5 Å². The van der Waals surface area contributed by atoms with Crippen LogP contribution in [-0.2, 0) is 38.5 Å². The maximum absolute atomic E-state index is 6.84. The zero-order valence-corrected chi connectivity index (χ0v) is 29.1. The summed E-state index contributed by atoms with van der Waals surface area (Å²) in [5, 5.41) is 0. The smallest absolute Gasteiger partial charge is 0.201 e. The molecule has 8 saturated heterocycles. The number of hydrogen-bond donors (Lipinski definition) is 0.